The fourth-order valence-corrected chi connectivity index (χ4v) is 3.64. The Balaban J connectivity index is 1.44. The van der Waals surface area contributed by atoms with Crippen molar-refractivity contribution in [3.8, 4) is 11.8 Å². The van der Waals surface area contributed by atoms with E-state index in [0.717, 1.165) is 36.6 Å². The molecule has 0 N–H and O–H groups in total. The van der Waals surface area contributed by atoms with E-state index in [9.17, 15) is 4.79 Å². The molecule has 1 saturated heterocycles. The van der Waals surface area contributed by atoms with Crippen LogP contribution in [-0.2, 0) is 4.79 Å². The molecule has 3 heterocycles. The van der Waals surface area contributed by atoms with Crippen molar-refractivity contribution in [2.45, 2.75) is 12.3 Å². The number of rotatable bonds is 2. The number of para-hydroxylation sites is 1. The summed E-state index contributed by atoms with van der Waals surface area (Å²) in [6, 6.07) is 13.5. The minimum atomic E-state index is -0.119. The number of aromatic nitrogens is 1. The normalized spacial score (nSPS) is 19.3. The number of ether oxygens (including phenoxy) is 1. The molecule has 0 radical (unpaired) electrons. The van der Waals surface area contributed by atoms with Crippen molar-refractivity contribution < 1.29 is 9.53 Å². The van der Waals surface area contributed by atoms with Gasteiger partial charge in [-0.2, -0.15) is 5.26 Å². The van der Waals surface area contributed by atoms with E-state index in [1.165, 1.54) is 0 Å². The Kier molecular flexibility index (Phi) is 4.44. The largest absolute Gasteiger partial charge is 0.493 e. The number of anilines is 1. The first-order valence-electron chi connectivity index (χ1n) is 8.88. The van der Waals surface area contributed by atoms with Crippen molar-refractivity contribution in [2.24, 2.45) is 0 Å². The van der Waals surface area contributed by atoms with Gasteiger partial charge in [0.25, 0.3) is 0 Å². The summed E-state index contributed by atoms with van der Waals surface area (Å²) in [5, 5.41) is 9.04. The third-order valence-corrected chi connectivity index (χ3v) is 5.05. The highest BCUT2D eigenvalue weighted by Crippen LogP contribution is 2.34. The van der Waals surface area contributed by atoms with Crippen LogP contribution < -0.4 is 9.64 Å². The average molecular weight is 348 g/mol. The number of fused-ring (bicyclic) bond motifs is 1. The first kappa shape index (κ1) is 16.4. The van der Waals surface area contributed by atoms with Gasteiger partial charge in [0.2, 0.25) is 5.91 Å². The van der Waals surface area contributed by atoms with Crippen LogP contribution >= 0.6 is 0 Å². The number of nitriles is 1. The van der Waals surface area contributed by atoms with Crippen molar-refractivity contribution in [2.75, 3.05) is 37.7 Å². The van der Waals surface area contributed by atoms with Crippen LogP contribution in [0.25, 0.3) is 0 Å². The third-order valence-electron chi connectivity index (χ3n) is 5.05. The van der Waals surface area contributed by atoms with Crippen LogP contribution in [-0.4, -0.2) is 48.6 Å². The monoisotopic (exact) mass is 348 g/mol. The summed E-state index contributed by atoms with van der Waals surface area (Å²) in [6.45, 7) is 3.35. The van der Waals surface area contributed by atoms with Gasteiger partial charge < -0.3 is 14.5 Å². The number of carbonyl (C=O) groups is 1. The highest BCUT2D eigenvalue weighted by Gasteiger charge is 2.32. The molecule has 6 heteroatoms. The van der Waals surface area contributed by atoms with E-state index < -0.39 is 0 Å². The Morgan fingerprint density at radius 1 is 1.19 bits per heavy atom. The van der Waals surface area contributed by atoms with Crippen molar-refractivity contribution in [3.05, 3.63) is 53.7 Å². The van der Waals surface area contributed by atoms with E-state index in [4.69, 9.17) is 10.00 Å². The molecule has 26 heavy (non-hydrogen) atoms. The number of hydrogen-bond acceptors (Lipinski definition) is 5. The highest BCUT2D eigenvalue weighted by atomic mass is 16.5. The molecule has 2 aliphatic rings. The molecule has 2 aromatic rings. The standard InChI is InChI=1S/C20H20N4O2/c21-14-15-5-7-22-19(13-15)23-8-10-24(11-9-23)20(25)17-6-12-26-18-4-2-1-3-16(17)18/h1-5,7,13,17H,6,8-12H2/t17-/m0/s1. The zero-order valence-electron chi connectivity index (χ0n) is 14.5. The molecule has 0 aliphatic carbocycles. The minimum absolute atomic E-state index is 0.119. The topological polar surface area (TPSA) is 69.5 Å². The number of benzene rings is 1. The Morgan fingerprint density at radius 3 is 2.81 bits per heavy atom. The molecule has 132 valence electrons. The highest BCUT2D eigenvalue weighted by molar-refractivity contribution is 5.85. The fourth-order valence-electron chi connectivity index (χ4n) is 3.64. The van der Waals surface area contributed by atoms with Crippen LogP contribution in [0, 0.1) is 11.3 Å². The van der Waals surface area contributed by atoms with Crippen LogP contribution in [0.1, 0.15) is 23.5 Å². The molecule has 2 aliphatic heterocycles. The molecule has 4 rings (SSSR count). The Labute approximate surface area is 152 Å². The average Bonchev–Trinajstić information content (AvgIpc) is 2.73. The van der Waals surface area contributed by atoms with Crippen molar-refractivity contribution in [1.29, 1.82) is 5.26 Å². The zero-order chi connectivity index (χ0) is 17.9. The molecule has 1 atom stereocenters. The maximum atomic E-state index is 13.1. The Bertz CT molecular complexity index is 853. The van der Waals surface area contributed by atoms with Crippen LogP contribution in [0.3, 0.4) is 0 Å². The van der Waals surface area contributed by atoms with Gasteiger partial charge >= 0.3 is 0 Å². The molecule has 1 amide bonds. The smallest absolute Gasteiger partial charge is 0.230 e. The molecule has 1 fully saturated rings. The number of pyridine rings is 1. The second-order valence-electron chi connectivity index (χ2n) is 6.55. The van der Waals surface area contributed by atoms with Gasteiger partial charge in [-0.25, -0.2) is 4.98 Å². The molecule has 1 aromatic heterocycles. The lowest BCUT2D eigenvalue weighted by Crippen LogP contribution is -2.50. The maximum absolute atomic E-state index is 13.1. The van der Waals surface area contributed by atoms with Crippen LogP contribution in [0.4, 0.5) is 5.82 Å². The van der Waals surface area contributed by atoms with Gasteiger partial charge in [-0.15, -0.1) is 0 Å². The minimum Gasteiger partial charge on any atom is -0.493 e. The molecule has 1 aromatic carbocycles. The number of nitrogens with zero attached hydrogens (tertiary/aromatic N) is 4. The first-order valence-corrected chi connectivity index (χ1v) is 8.88. The summed E-state index contributed by atoms with van der Waals surface area (Å²) in [5.41, 5.74) is 1.60. The second-order valence-corrected chi connectivity index (χ2v) is 6.55. The molecule has 0 spiro atoms. The van der Waals surface area contributed by atoms with Crippen molar-refractivity contribution in [1.82, 2.24) is 9.88 Å². The SMILES string of the molecule is N#Cc1ccnc(N2CCN(C(=O)[C@H]3CCOc4ccccc43)CC2)c1. The summed E-state index contributed by atoms with van der Waals surface area (Å²) in [7, 11) is 0. The zero-order valence-corrected chi connectivity index (χ0v) is 14.5. The van der Waals surface area contributed by atoms with Gasteiger partial charge in [-0.1, -0.05) is 18.2 Å². The quantitative estimate of drug-likeness (QED) is 0.832. The summed E-state index contributed by atoms with van der Waals surface area (Å²) in [4.78, 5) is 21.5. The molecule has 0 saturated carbocycles. The van der Waals surface area contributed by atoms with E-state index in [1.807, 2.05) is 29.2 Å². The van der Waals surface area contributed by atoms with Crippen LogP contribution in [0.2, 0.25) is 0 Å². The van der Waals surface area contributed by atoms with Gasteiger partial charge in [0.05, 0.1) is 24.2 Å². The molecule has 0 unspecified atom stereocenters. The number of hydrogen-bond donors (Lipinski definition) is 0. The van der Waals surface area contributed by atoms with Gasteiger partial charge in [0.1, 0.15) is 11.6 Å². The Hall–Kier alpha value is -3.07. The number of piperazine rings is 1. The lowest BCUT2D eigenvalue weighted by molar-refractivity contribution is -0.133. The summed E-state index contributed by atoms with van der Waals surface area (Å²) in [6.07, 6.45) is 2.38. The predicted molar refractivity (Wildman–Crippen MR) is 97.0 cm³/mol. The summed E-state index contributed by atoms with van der Waals surface area (Å²) < 4.78 is 5.67. The summed E-state index contributed by atoms with van der Waals surface area (Å²) in [5.74, 6) is 1.69. The first-order chi connectivity index (χ1) is 12.8. The van der Waals surface area contributed by atoms with Gasteiger partial charge in [0.15, 0.2) is 0 Å². The van der Waals surface area contributed by atoms with Gasteiger partial charge in [-0.05, 0) is 24.6 Å². The van der Waals surface area contributed by atoms with E-state index in [2.05, 4.69) is 16.0 Å². The number of carbonyl (C=O) groups excluding carboxylic acids is 1. The van der Waals surface area contributed by atoms with Crippen molar-refractivity contribution in [3.63, 3.8) is 0 Å². The van der Waals surface area contributed by atoms with Crippen LogP contribution in [0.5, 0.6) is 5.75 Å². The molecule has 0 bridgehead atoms. The summed E-state index contributed by atoms with van der Waals surface area (Å²) >= 11 is 0. The maximum Gasteiger partial charge on any atom is 0.230 e. The van der Waals surface area contributed by atoms with E-state index >= 15 is 0 Å². The van der Waals surface area contributed by atoms with Gasteiger partial charge in [-0.3, -0.25) is 4.79 Å². The molecular formula is C20H20N4O2. The van der Waals surface area contributed by atoms with E-state index in [0.29, 0.717) is 25.3 Å². The van der Waals surface area contributed by atoms with Crippen molar-refractivity contribution >= 4 is 11.7 Å². The number of amides is 1. The predicted octanol–water partition coefficient (Wildman–Crippen LogP) is 2.17. The van der Waals surface area contributed by atoms with E-state index in [-0.39, 0.29) is 11.8 Å². The second kappa shape index (κ2) is 7.04. The van der Waals surface area contributed by atoms with Gasteiger partial charge in [0, 0.05) is 37.9 Å². The fraction of sp³-hybridized carbons (Fsp3) is 0.350. The van der Waals surface area contributed by atoms with Crippen LogP contribution in [0.15, 0.2) is 42.6 Å². The molecule has 6 nitrogen and oxygen atoms in total. The van der Waals surface area contributed by atoms with E-state index in [1.54, 1.807) is 18.3 Å². The lowest BCUT2D eigenvalue weighted by atomic mass is 9.91. The third kappa shape index (κ3) is 3.08. The lowest BCUT2D eigenvalue weighted by Gasteiger charge is -2.38. The Morgan fingerprint density at radius 2 is 2.00 bits per heavy atom. The molecular weight excluding hydrogens is 328 g/mol.